The molecular formula is C29H30F3N5O. The van der Waals surface area contributed by atoms with E-state index in [2.05, 4.69) is 26.7 Å². The van der Waals surface area contributed by atoms with E-state index in [0.717, 1.165) is 37.8 Å². The van der Waals surface area contributed by atoms with Crippen molar-refractivity contribution in [2.45, 2.75) is 33.0 Å². The van der Waals surface area contributed by atoms with Crippen LogP contribution in [0.25, 0.3) is 0 Å². The Morgan fingerprint density at radius 3 is 2.47 bits per heavy atom. The van der Waals surface area contributed by atoms with Gasteiger partial charge in [-0.3, -0.25) is 9.69 Å². The normalized spacial score (nSPS) is 14.7. The van der Waals surface area contributed by atoms with Gasteiger partial charge in [0.2, 0.25) is 0 Å². The molecule has 0 atom stereocenters. The molecule has 0 saturated carbocycles. The van der Waals surface area contributed by atoms with Gasteiger partial charge in [-0.25, -0.2) is 9.97 Å². The highest BCUT2D eigenvalue weighted by Crippen LogP contribution is 2.34. The Balaban J connectivity index is 1.53. The number of carbonyl (C=O) groups is 1. The Bertz CT molecular complexity index is 1400. The number of nitrogen functional groups attached to an aromatic ring is 1. The van der Waals surface area contributed by atoms with Crippen LogP contribution in [0.1, 0.15) is 49.6 Å². The summed E-state index contributed by atoms with van der Waals surface area (Å²) < 4.78 is 41.8. The first-order chi connectivity index (χ1) is 18.0. The van der Waals surface area contributed by atoms with E-state index >= 15 is 0 Å². The highest BCUT2D eigenvalue weighted by atomic mass is 19.4. The number of benzene rings is 2. The average molecular weight is 522 g/mol. The minimum Gasteiger partial charge on any atom is -0.382 e. The summed E-state index contributed by atoms with van der Waals surface area (Å²) in [5.74, 6) is 5.99. The van der Waals surface area contributed by atoms with Gasteiger partial charge in [0.15, 0.2) is 5.78 Å². The molecule has 1 aliphatic heterocycles. The maximum Gasteiger partial charge on any atom is 0.416 e. The fourth-order valence-electron chi connectivity index (χ4n) is 4.28. The van der Waals surface area contributed by atoms with Gasteiger partial charge in [0.05, 0.1) is 17.5 Å². The monoisotopic (exact) mass is 521 g/mol. The molecule has 1 aromatic heterocycles. The molecule has 0 amide bonds. The van der Waals surface area contributed by atoms with E-state index in [1.807, 2.05) is 18.9 Å². The molecular weight excluding hydrogens is 491 g/mol. The zero-order valence-electron chi connectivity index (χ0n) is 21.7. The Hall–Kier alpha value is -3.74. The number of anilines is 1. The van der Waals surface area contributed by atoms with Crippen molar-refractivity contribution in [2.75, 3.05) is 39.0 Å². The summed E-state index contributed by atoms with van der Waals surface area (Å²) in [6.45, 7) is 6.92. The molecule has 0 bridgehead atoms. The third-order valence-electron chi connectivity index (χ3n) is 6.70. The molecule has 4 rings (SSSR count). The van der Waals surface area contributed by atoms with E-state index in [-0.39, 0.29) is 24.3 Å². The molecule has 0 radical (unpaired) electrons. The maximum atomic E-state index is 13.9. The number of Topliss-reactive ketones (excluding diaryl/α,β-unsaturated/α-hetero) is 1. The summed E-state index contributed by atoms with van der Waals surface area (Å²) in [6, 6.07) is 9.34. The van der Waals surface area contributed by atoms with Crippen molar-refractivity contribution in [3.63, 3.8) is 0 Å². The second-order valence-electron chi connectivity index (χ2n) is 9.67. The number of hydrogen-bond donors (Lipinski definition) is 1. The van der Waals surface area contributed by atoms with Gasteiger partial charge in [0.1, 0.15) is 11.5 Å². The third-order valence-corrected chi connectivity index (χ3v) is 6.70. The third kappa shape index (κ3) is 6.77. The van der Waals surface area contributed by atoms with Gasteiger partial charge >= 0.3 is 6.18 Å². The lowest BCUT2D eigenvalue weighted by molar-refractivity contribution is -0.138. The molecule has 1 saturated heterocycles. The first-order valence-corrected chi connectivity index (χ1v) is 12.3. The van der Waals surface area contributed by atoms with Crippen LogP contribution in [0.4, 0.5) is 19.0 Å². The predicted octanol–water partition coefficient (Wildman–Crippen LogP) is 4.27. The number of aryl methyl sites for hydroxylation is 2. The molecule has 38 heavy (non-hydrogen) atoms. The van der Waals surface area contributed by atoms with Crippen molar-refractivity contribution in [1.29, 1.82) is 0 Å². The number of ketones is 1. The van der Waals surface area contributed by atoms with Gasteiger partial charge in [-0.2, -0.15) is 13.2 Å². The van der Waals surface area contributed by atoms with Gasteiger partial charge in [-0.05, 0) is 55.6 Å². The number of carbonyl (C=O) groups excluding carboxylic acids is 1. The maximum absolute atomic E-state index is 13.9. The van der Waals surface area contributed by atoms with Crippen LogP contribution in [0.5, 0.6) is 0 Å². The highest BCUT2D eigenvalue weighted by molar-refractivity contribution is 5.98. The second-order valence-corrected chi connectivity index (χ2v) is 9.67. The molecule has 9 heteroatoms. The van der Waals surface area contributed by atoms with E-state index < -0.39 is 11.7 Å². The number of likely N-dealkylation sites (N-methyl/N-ethyl adjacent to an activating group) is 1. The smallest absolute Gasteiger partial charge is 0.382 e. The fraction of sp³-hybridized carbons (Fsp3) is 0.345. The van der Waals surface area contributed by atoms with Crippen LogP contribution >= 0.6 is 0 Å². The number of aromatic nitrogens is 2. The first kappa shape index (κ1) is 27.3. The topological polar surface area (TPSA) is 75.4 Å². The SMILES string of the molecule is Cc1ccc(C(=O)Cc2ccc(CN3CCN(C)CC3)c(C(F)(F)F)c2)cc1C#Cc1cnc(N)c(C)n1. The molecule has 2 aromatic carbocycles. The molecule has 1 aliphatic rings. The summed E-state index contributed by atoms with van der Waals surface area (Å²) in [5, 5.41) is 0. The molecule has 6 nitrogen and oxygen atoms in total. The van der Waals surface area contributed by atoms with E-state index in [1.165, 1.54) is 12.3 Å². The number of nitrogens with two attached hydrogens (primary N) is 1. The highest BCUT2D eigenvalue weighted by Gasteiger charge is 2.34. The Morgan fingerprint density at radius 2 is 1.79 bits per heavy atom. The summed E-state index contributed by atoms with van der Waals surface area (Å²) in [4.78, 5) is 25.6. The fourth-order valence-corrected chi connectivity index (χ4v) is 4.28. The van der Waals surface area contributed by atoms with Crippen LogP contribution in [0.3, 0.4) is 0 Å². The zero-order chi connectivity index (χ0) is 27.4. The van der Waals surface area contributed by atoms with Gasteiger partial charge in [-0.15, -0.1) is 0 Å². The van der Waals surface area contributed by atoms with Crippen molar-refractivity contribution < 1.29 is 18.0 Å². The molecule has 2 heterocycles. The Morgan fingerprint density at radius 1 is 1.05 bits per heavy atom. The van der Waals surface area contributed by atoms with E-state index in [4.69, 9.17) is 5.73 Å². The standard InChI is InChI=1S/C29H30F3N5O/c1-19-4-6-23(16-22(19)8-9-25-17-34-28(33)20(2)35-25)27(38)15-21-5-7-24(26(14-21)29(30,31)32)18-37-12-10-36(3)11-13-37/h4-7,14,16-17H,10-13,15,18H2,1-3H3,(H2,33,34). The van der Waals surface area contributed by atoms with Crippen LogP contribution < -0.4 is 5.73 Å². The lowest BCUT2D eigenvalue weighted by Gasteiger charge is -2.33. The Labute approximate surface area is 220 Å². The molecule has 198 valence electrons. The average Bonchev–Trinajstić information content (AvgIpc) is 2.87. The van der Waals surface area contributed by atoms with Crippen LogP contribution in [0, 0.1) is 25.7 Å². The van der Waals surface area contributed by atoms with Gasteiger partial charge < -0.3 is 10.6 Å². The zero-order valence-corrected chi connectivity index (χ0v) is 21.7. The van der Waals surface area contributed by atoms with Crippen molar-refractivity contribution >= 4 is 11.6 Å². The molecule has 3 aromatic rings. The quantitative estimate of drug-likeness (QED) is 0.399. The van der Waals surface area contributed by atoms with Crippen LogP contribution in [0.2, 0.25) is 0 Å². The lowest BCUT2D eigenvalue weighted by Crippen LogP contribution is -2.44. The summed E-state index contributed by atoms with van der Waals surface area (Å²) in [7, 11) is 2.00. The first-order valence-electron chi connectivity index (χ1n) is 12.3. The van der Waals surface area contributed by atoms with Crippen LogP contribution in [0.15, 0.2) is 42.6 Å². The molecule has 0 spiro atoms. The van der Waals surface area contributed by atoms with E-state index in [1.54, 1.807) is 31.2 Å². The van der Waals surface area contributed by atoms with Crippen molar-refractivity contribution in [3.05, 3.63) is 87.4 Å². The largest absolute Gasteiger partial charge is 0.416 e. The summed E-state index contributed by atoms with van der Waals surface area (Å²) in [5.41, 5.74) is 8.47. The number of halogens is 3. The second kappa shape index (κ2) is 11.3. The van der Waals surface area contributed by atoms with Crippen molar-refractivity contribution in [2.24, 2.45) is 0 Å². The molecule has 0 unspecified atom stereocenters. The molecule has 1 fully saturated rings. The molecule has 2 N–H and O–H groups in total. The van der Waals surface area contributed by atoms with Gasteiger partial charge in [-0.1, -0.05) is 30.2 Å². The van der Waals surface area contributed by atoms with Crippen LogP contribution in [-0.4, -0.2) is 58.8 Å². The summed E-state index contributed by atoms with van der Waals surface area (Å²) in [6.07, 6.45) is -3.17. The van der Waals surface area contributed by atoms with E-state index in [0.29, 0.717) is 33.9 Å². The lowest BCUT2D eigenvalue weighted by atomic mass is 9.96. The Kier molecular flexibility index (Phi) is 8.14. The number of hydrogen-bond acceptors (Lipinski definition) is 6. The number of nitrogens with zero attached hydrogens (tertiary/aromatic N) is 4. The minimum absolute atomic E-state index is 0.142. The minimum atomic E-state index is -4.50. The number of rotatable bonds is 5. The van der Waals surface area contributed by atoms with Gasteiger partial charge in [0.25, 0.3) is 0 Å². The molecule has 0 aliphatic carbocycles. The van der Waals surface area contributed by atoms with Crippen LogP contribution in [-0.2, 0) is 19.1 Å². The summed E-state index contributed by atoms with van der Waals surface area (Å²) >= 11 is 0. The predicted molar refractivity (Wildman–Crippen MR) is 141 cm³/mol. The van der Waals surface area contributed by atoms with E-state index in [9.17, 15) is 18.0 Å². The number of piperazine rings is 1. The van der Waals surface area contributed by atoms with Gasteiger partial charge in [0, 0.05) is 50.3 Å². The number of alkyl halides is 3. The van der Waals surface area contributed by atoms with Crippen molar-refractivity contribution in [1.82, 2.24) is 19.8 Å². The van der Waals surface area contributed by atoms with Crippen molar-refractivity contribution in [3.8, 4) is 11.8 Å².